The molecule has 1 heterocycles. The first-order valence-electron chi connectivity index (χ1n) is 11.9. The number of carboxylic acids is 1. The Morgan fingerprint density at radius 2 is 1.89 bits per heavy atom. The van der Waals surface area contributed by atoms with Gasteiger partial charge in [-0.15, -0.1) is 0 Å². The molecule has 0 atom stereocenters. The molecule has 0 unspecified atom stereocenters. The highest BCUT2D eigenvalue weighted by atomic mass is 79.9. The molecule has 38 heavy (non-hydrogen) atoms. The summed E-state index contributed by atoms with van der Waals surface area (Å²) in [6.45, 7) is -0.113. The van der Waals surface area contributed by atoms with Crippen LogP contribution in [0.1, 0.15) is 47.7 Å². The molecule has 1 amide bonds. The fourth-order valence-corrected chi connectivity index (χ4v) is 5.46. The fraction of sp³-hybridized carbons (Fsp3) is 0.360. The van der Waals surface area contributed by atoms with Crippen molar-refractivity contribution in [1.29, 1.82) is 0 Å². The summed E-state index contributed by atoms with van der Waals surface area (Å²) in [6.07, 6.45) is 2.28. The van der Waals surface area contributed by atoms with Gasteiger partial charge in [-0.2, -0.15) is 5.10 Å². The Hall–Kier alpha value is -3.45. The van der Waals surface area contributed by atoms with E-state index in [0.717, 1.165) is 29.1 Å². The molecule has 1 aliphatic carbocycles. The summed E-state index contributed by atoms with van der Waals surface area (Å²) in [4.78, 5) is 35.1. The summed E-state index contributed by atoms with van der Waals surface area (Å²) in [5.41, 5.74) is 2.72. The minimum atomic E-state index is -3.74. The van der Waals surface area contributed by atoms with Crippen molar-refractivity contribution in [3.05, 3.63) is 52.1 Å². The molecule has 0 radical (unpaired) electrons. The number of fused-ring (bicyclic) bond motifs is 1. The van der Waals surface area contributed by atoms with Gasteiger partial charge in [-0.3, -0.25) is 18.7 Å². The number of aliphatic carboxylic acids is 1. The number of benzene rings is 2. The third-order valence-electron chi connectivity index (χ3n) is 6.08. The number of sulfonamides is 1. The number of halogens is 1. The lowest BCUT2D eigenvalue weighted by atomic mass is 10.0. The number of amides is 1. The molecule has 1 saturated carbocycles. The summed E-state index contributed by atoms with van der Waals surface area (Å²) in [6, 6.07) is 10.8. The van der Waals surface area contributed by atoms with Crippen molar-refractivity contribution in [2.75, 3.05) is 30.8 Å². The summed E-state index contributed by atoms with van der Waals surface area (Å²) in [5, 5.41) is 16.6. The molecule has 2 N–H and O–H groups in total. The second kappa shape index (κ2) is 11.1. The third-order valence-corrected chi connectivity index (χ3v) is 7.79. The van der Waals surface area contributed by atoms with Crippen LogP contribution in [0.3, 0.4) is 0 Å². The van der Waals surface area contributed by atoms with Crippen LogP contribution in [-0.4, -0.2) is 67.6 Å². The van der Waals surface area contributed by atoms with Crippen molar-refractivity contribution in [3.63, 3.8) is 0 Å². The largest absolute Gasteiger partial charge is 0.481 e. The van der Waals surface area contributed by atoms with E-state index in [0.29, 0.717) is 28.0 Å². The van der Waals surface area contributed by atoms with Gasteiger partial charge in [0.05, 0.1) is 29.8 Å². The van der Waals surface area contributed by atoms with Crippen LogP contribution in [-0.2, 0) is 24.3 Å². The molecule has 0 spiro atoms. The van der Waals surface area contributed by atoms with E-state index in [1.54, 1.807) is 10.7 Å². The highest BCUT2D eigenvalue weighted by Gasteiger charge is 2.32. The summed E-state index contributed by atoms with van der Waals surface area (Å²) >= 11 is 3.41. The molecular formula is C25H27BrN4O7S. The number of hydrogen-bond acceptors (Lipinski definition) is 7. The third kappa shape index (κ3) is 6.16. The molecule has 1 aliphatic rings. The molecule has 13 heteroatoms. The Morgan fingerprint density at radius 3 is 2.47 bits per heavy atom. The van der Waals surface area contributed by atoms with Gasteiger partial charge >= 0.3 is 11.9 Å². The van der Waals surface area contributed by atoms with Crippen LogP contribution in [0.2, 0.25) is 0 Å². The summed E-state index contributed by atoms with van der Waals surface area (Å²) in [7, 11) is -2.20. The highest BCUT2D eigenvalue weighted by molar-refractivity contribution is 9.10. The monoisotopic (exact) mass is 606 g/mol. The number of hydrogen-bond donors (Lipinski definition) is 2. The minimum Gasteiger partial charge on any atom is -0.481 e. The van der Waals surface area contributed by atoms with Gasteiger partial charge in [0.1, 0.15) is 12.1 Å². The molecule has 1 aromatic heterocycles. The van der Waals surface area contributed by atoms with Crippen LogP contribution in [0.25, 0.3) is 16.6 Å². The molecular weight excluding hydrogens is 580 g/mol. The number of nitrogens with one attached hydrogen (secondary N) is 1. The maximum Gasteiger partial charge on any atom is 0.317 e. The first-order valence-corrected chi connectivity index (χ1v) is 14.5. The standard InChI is InChI=1S/C25H27BrN4O7S/c1-27-25(34)24-19-12-18(15-4-5-15)21(13-20(19)28-30(24)17-8-6-16(26)7-9-17)29(38(2,35)36)10-3-11-37-23(33)14-22(31)32/h6-9,12-13,15H,3-5,10-11,14H2,1-2H3,(H,27,34)(H,31,32). The van der Waals surface area contributed by atoms with E-state index in [4.69, 9.17) is 9.84 Å². The Kier molecular flexibility index (Phi) is 8.07. The van der Waals surface area contributed by atoms with Crippen LogP contribution in [0, 0.1) is 0 Å². The molecule has 0 saturated heterocycles. The number of rotatable bonds is 11. The van der Waals surface area contributed by atoms with Gasteiger partial charge in [-0.05, 0) is 60.7 Å². The SMILES string of the molecule is CNC(=O)c1c2cc(C3CC3)c(N(CCCOC(=O)CC(=O)O)S(C)(=O)=O)cc2nn1-c1ccc(Br)cc1. The van der Waals surface area contributed by atoms with E-state index in [1.165, 1.54) is 11.4 Å². The zero-order chi connectivity index (χ0) is 27.6. The fourth-order valence-electron chi connectivity index (χ4n) is 4.22. The second-order valence-corrected chi connectivity index (χ2v) is 11.8. The van der Waals surface area contributed by atoms with Crippen molar-refractivity contribution < 1.29 is 32.6 Å². The zero-order valence-corrected chi connectivity index (χ0v) is 23.2. The number of nitrogens with zero attached hydrogens (tertiary/aromatic N) is 3. The van der Waals surface area contributed by atoms with Crippen molar-refractivity contribution in [1.82, 2.24) is 15.1 Å². The number of anilines is 1. The molecule has 202 valence electrons. The quantitative estimate of drug-likeness (QED) is 0.192. The van der Waals surface area contributed by atoms with Gasteiger partial charge in [0, 0.05) is 29.9 Å². The first-order chi connectivity index (χ1) is 18.0. The molecule has 0 bridgehead atoms. The predicted molar refractivity (Wildman–Crippen MR) is 144 cm³/mol. The van der Waals surface area contributed by atoms with Crippen molar-refractivity contribution in [2.45, 2.75) is 31.6 Å². The summed E-state index contributed by atoms with van der Waals surface area (Å²) in [5.74, 6) is -2.37. The lowest BCUT2D eigenvalue weighted by Crippen LogP contribution is -2.32. The van der Waals surface area contributed by atoms with Crippen molar-refractivity contribution in [3.8, 4) is 5.69 Å². The molecule has 3 aromatic rings. The molecule has 4 rings (SSSR count). The number of carbonyl (C=O) groups excluding carboxylic acids is 2. The maximum absolute atomic E-state index is 13.0. The summed E-state index contributed by atoms with van der Waals surface area (Å²) < 4.78 is 34.3. The van der Waals surface area contributed by atoms with E-state index in [-0.39, 0.29) is 31.4 Å². The maximum atomic E-state index is 13.0. The Labute approximate surface area is 227 Å². The molecule has 2 aromatic carbocycles. The second-order valence-electron chi connectivity index (χ2n) is 9.00. The Morgan fingerprint density at radius 1 is 1.21 bits per heavy atom. The zero-order valence-electron chi connectivity index (χ0n) is 20.8. The predicted octanol–water partition coefficient (Wildman–Crippen LogP) is 3.20. The van der Waals surface area contributed by atoms with Crippen LogP contribution >= 0.6 is 15.9 Å². The molecule has 11 nitrogen and oxygen atoms in total. The van der Waals surface area contributed by atoms with Gasteiger partial charge in [0.15, 0.2) is 0 Å². The Bertz CT molecular complexity index is 1500. The van der Waals surface area contributed by atoms with E-state index >= 15 is 0 Å². The lowest BCUT2D eigenvalue weighted by Gasteiger charge is -2.25. The average Bonchev–Trinajstić information content (AvgIpc) is 3.62. The number of aromatic nitrogens is 2. The lowest BCUT2D eigenvalue weighted by molar-refractivity contribution is -0.151. The molecule has 1 fully saturated rings. The Balaban J connectivity index is 1.75. The van der Waals surface area contributed by atoms with Crippen LogP contribution in [0.4, 0.5) is 5.69 Å². The minimum absolute atomic E-state index is 0.0140. The van der Waals surface area contributed by atoms with Crippen molar-refractivity contribution >= 4 is 60.4 Å². The van der Waals surface area contributed by atoms with Crippen LogP contribution in [0.15, 0.2) is 40.9 Å². The van der Waals surface area contributed by atoms with Crippen molar-refractivity contribution in [2.24, 2.45) is 0 Å². The number of ether oxygens (including phenoxy) is 1. The number of carboxylic acid groups (broad SMARTS) is 1. The van der Waals surface area contributed by atoms with E-state index in [2.05, 4.69) is 26.3 Å². The topological polar surface area (TPSA) is 148 Å². The van der Waals surface area contributed by atoms with E-state index in [1.807, 2.05) is 30.3 Å². The van der Waals surface area contributed by atoms with Crippen LogP contribution < -0.4 is 9.62 Å². The normalized spacial score (nSPS) is 13.3. The highest BCUT2D eigenvalue weighted by Crippen LogP contribution is 2.46. The van der Waals surface area contributed by atoms with E-state index < -0.39 is 28.4 Å². The number of carbonyl (C=O) groups is 3. The van der Waals surface area contributed by atoms with Gasteiger partial charge in [0.25, 0.3) is 5.91 Å². The smallest absolute Gasteiger partial charge is 0.317 e. The molecule has 0 aliphatic heterocycles. The van der Waals surface area contributed by atoms with Gasteiger partial charge in [0.2, 0.25) is 10.0 Å². The average molecular weight is 607 g/mol. The van der Waals surface area contributed by atoms with E-state index in [9.17, 15) is 22.8 Å². The van der Waals surface area contributed by atoms with Gasteiger partial charge in [-0.25, -0.2) is 13.1 Å². The first kappa shape index (κ1) is 27.6. The number of esters is 1. The van der Waals surface area contributed by atoms with Gasteiger partial charge in [-0.1, -0.05) is 15.9 Å². The van der Waals surface area contributed by atoms with Crippen LogP contribution in [0.5, 0.6) is 0 Å². The van der Waals surface area contributed by atoms with Gasteiger partial charge < -0.3 is 15.2 Å².